The number of hydrogen-bond acceptors (Lipinski definition) is 4. The summed E-state index contributed by atoms with van der Waals surface area (Å²) in [6, 6.07) is 10.8. The van der Waals surface area contributed by atoms with E-state index in [1.807, 2.05) is 25.1 Å². The quantitative estimate of drug-likeness (QED) is 0.725. The predicted molar refractivity (Wildman–Crippen MR) is 112 cm³/mol. The van der Waals surface area contributed by atoms with Crippen LogP contribution in [0.15, 0.2) is 48.8 Å². The Balaban J connectivity index is 1.51. The number of nitrogens with zero attached hydrogens (tertiary/aromatic N) is 1. The molecule has 3 atom stereocenters. The van der Waals surface area contributed by atoms with Crippen molar-refractivity contribution < 1.29 is 14.3 Å². The van der Waals surface area contributed by atoms with Gasteiger partial charge in [-0.3, -0.25) is 14.6 Å². The van der Waals surface area contributed by atoms with Gasteiger partial charge in [0.2, 0.25) is 0 Å². The van der Waals surface area contributed by atoms with Crippen molar-refractivity contribution in [2.24, 2.45) is 5.92 Å². The van der Waals surface area contributed by atoms with E-state index in [9.17, 15) is 9.59 Å². The van der Waals surface area contributed by atoms with Crippen LogP contribution in [0.1, 0.15) is 56.7 Å². The van der Waals surface area contributed by atoms with Crippen LogP contribution in [0.2, 0.25) is 0 Å². The van der Waals surface area contributed by atoms with Gasteiger partial charge < -0.3 is 15.4 Å². The Bertz CT molecular complexity index is 825. The first-order valence-electron chi connectivity index (χ1n) is 10.2. The lowest BCUT2D eigenvalue weighted by molar-refractivity contribution is -0.136. The van der Waals surface area contributed by atoms with E-state index in [1.165, 1.54) is 12.8 Å². The number of pyridine rings is 1. The number of rotatable bonds is 6. The molecule has 0 spiro atoms. The molecule has 2 amide bonds. The van der Waals surface area contributed by atoms with Gasteiger partial charge in [-0.1, -0.05) is 31.9 Å². The van der Waals surface area contributed by atoms with Gasteiger partial charge in [-0.05, 0) is 61.1 Å². The number of benzene rings is 1. The van der Waals surface area contributed by atoms with Crippen LogP contribution >= 0.6 is 0 Å². The van der Waals surface area contributed by atoms with E-state index in [0.29, 0.717) is 24.3 Å². The summed E-state index contributed by atoms with van der Waals surface area (Å²) in [7, 11) is 0. The van der Waals surface area contributed by atoms with Crippen LogP contribution in [0.3, 0.4) is 0 Å². The molecule has 29 heavy (non-hydrogen) atoms. The molecule has 0 radical (unpaired) electrons. The fourth-order valence-corrected chi connectivity index (χ4v) is 3.67. The van der Waals surface area contributed by atoms with E-state index in [4.69, 9.17) is 4.74 Å². The molecule has 6 heteroatoms. The second kappa shape index (κ2) is 10.2. The van der Waals surface area contributed by atoms with Crippen LogP contribution in [0.25, 0.3) is 0 Å². The zero-order chi connectivity index (χ0) is 20.6. The highest BCUT2D eigenvalue weighted by atomic mass is 16.5. The Morgan fingerprint density at radius 3 is 2.72 bits per heavy atom. The molecule has 0 bridgehead atoms. The maximum absolute atomic E-state index is 12.3. The fourth-order valence-electron chi connectivity index (χ4n) is 3.67. The molecule has 3 rings (SSSR count). The van der Waals surface area contributed by atoms with Gasteiger partial charge in [0, 0.05) is 18.1 Å². The van der Waals surface area contributed by atoms with Crippen molar-refractivity contribution in [3.05, 3.63) is 59.9 Å². The number of carbonyl (C=O) groups is 2. The molecule has 1 fully saturated rings. The first kappa shape index (κ1) is 21.0. The Hall–Kier alpha value is -2.73. The van der Waals surface area contributed by atoms with E-state index in [-0.39, 0.29) is 6.04 Å². The maximum atomic E-state index is 12.3. The van der Waals surface area contributed by atoms with Crippen molar-refractivity contribution >= 4 is 17.5 Å². The SMILES string of the molecule is CC1CCCC(OCc2cccc(NC(=O)C(=O)NC(C)c3ccncc3)c2)C1. The molecule has 0 saturated heterocycles. The third-order valence-corrected chi connectivity index (χ3v) is 5.32. The minimum absolute atomic E-state index is 0.283. The second-order valence-electron chi connectivity index (χ2n) is 7.83. The summed E-state index contributed by atoms with van der Waals surface area (Å²) in [5.74, 6) is -0.648. The van der Waals surface area contributed by atoms with Crippen LogP contribution in [-0.4, -0.2) is 22.9 Å². The Morgan fingerprint density at radius 2 is 1.97 bits per heavy atom. The van der Waals surface area contributed by atoms with Crippen molar-refractivity contribution in [2.45, 2.75) is 58.3 Å². The molecular weight excluding hydrogens is 366 g/mol. The summed E-state index contributed by atoms with van der Waals surface area (Å²) in [6.07, 6.45) is 8.32. The highest BCUT2D eigenvalue weighted by Gasteiger charge is 2.20. The average Bonchev–Trinajstić information content (AvgIpc) is 2.73. The van der Waals surface area contributed by atoms with Crippen molar-refractivity contribution in [1.29, 1.82) is 0 Å². The van der Waals surface area contributed by atoms with Crippen molar-refractivity contribution in [3.8, 4) is 0 Å². The minimum Gasteiger partial charge on any atom is -0.374 e. The largest absolute Gasteiger partial charge is 0.374 e. The van der Waals surface area contributed by atoms with E-state index in [1.54, 1.807) is 30.6 Å². The van der Waals surface area contributed by atoms with Gasteiger partial charge in [0.15, 0.2) is 0 Å². The molecule has 1 aromatic heterocycles. The van der Waals surface area contributed by atoms with E-state index < -0.39 is 11.8 Å². The summed E-state index contributed by atoms with van der Waals surface area (Å²) in [4.78, 5) is 28.4. The minimum atomic E-state index is -0.690. The monoisotopic (exact) mass is 395 g/mol. The lowest BCUT2D eigenvalue weighted by Gasteiger charge is -2.26. The van der Waals surface area contributed by atoms with Gasteiger partial charge in [-0.2, -0.15) is 0 Å². The molecule has 1 heterocycles. The summed E-state index contributed by atoms with van der Waals surface area (Å²) >= 11 is 0. The molecule has 1 aliphatic carbocycles. The number of hydrogen-bond donors (Lipinski definition) is 2. The maximum Gasteiger partial charge on any atom is 0.313 e. The van der Waals surface area contributed by atoms with Gasteiger partial charge >= 0.3 is 11.8 Å². The Kier molecular flexibility index (Phi) is 7.36. The number of ether oxygens (including phenoxy) is 1. The first-order valence-corrected chi connectivity index (χ1v) is 10.2. The van der Waals surface area contributed by atoms with E-state index in [0.717, 1.165) is 24.0 Å². The topological polar surface area (TPSA) is 80.3 Å². The summed E-state index contributed by atoms with van der Waals surface area (Å²) in [5.41, 5.74) is 2.45. The van der Waals surface area contributed by atoms with Gasteiger partial charge in [-0.25, -0.2) is 0 Å². The third kappa shape index (κ3) is 6.39. The molecular formula is C23H29N3O3. The molecule has 1 aromatic carbocycles. The molecule has 1 saturated carbocycles. The van der Waals surface area contributed by atoms with E-state index >= 15 is 0 Å². The summed E-state index contributed by atoms with van der Waals surface area (Å²) in [6.45, 7) is 4.60. The first-order chi connectivity index (χ1) is 14.0. The standard InChI is InChI=1S/C23H29N3O3/c1-16-5-3-8-21(13-16)29-15-18-6-4-7-20(14-18)26-23(28)22(27)25-17(2)19-9-11-24-12-10-19/h4,6-7,9-12,14,16-17,21H,3,5,8,13,15H2,1-2H3,(H,25,27)(H,26,28). The molecule has 154 valence electrons. The second-order valence-corrected chi connectivity index (χ2v) is 7.83. The fraction of sp³-hybridized carbons (Fsp3) is 0.435. The lowest BCUT2D eigenvalue weighted by atomic mass is 9.89. The van der Waals surface area contributed by atoms with Crippen LogP contribution in [0.4, 0.5) is 5.69 Å². The zero-order valence-electron chi connectivity index (χ0n) is 17.1. The number of anilines is 1. The van der Waals surface area contributed by atoms with Crippen LogP contribution in [0.5, 0.6) is 0 Å². The van der Waals surface area contributed by atoms with Crippen LogP contribution in [-0.2, 0) is 20.9 Å². The van der Waals surface area contributed by atoms with Crippen molar-refractivity contribution in [2.75, 3.05) is 5.32 Å². The van der Waals surface area contributed by atoms with Crippen molar-refractivity contribution in [1.82, 2.24) is 10.3 Å². The number of aromatic nitrogens is 1. The Labute approximate surface area is 172 Å². The summed E-state index contributed by atoms with van der Waals surface area (Å²) < 4.78 is 6.05. The van der Waals surface area contributed by atoms with Gasteiger partial charge in [0.25, 0.3) is 0 Å². The number of amides is 2. The normalized spacial score (nSPS) is 19.9. The third-order valence-electron chi connectivity index (χ3n) is 5.32. The van der Waals surface area contributed by atoms with Crippen LogP contribution < -0.4 is 10.6 Å². The number of nitrogens with one attached hydrogen (secondary N) is 2. The number of carbonyl (C=O) groups excluding carboxylic acids is 2. The highest BCUT2D eigenvalue weighted by molar-refractivity contribution is 6.39. The smallest absolute Gasteiger partial charge is 0.313 e. The van der Waals surface area contributed by atoms with E-state index in [2.05, 4.69) is 22.5 Å². The van der Waals surface area contributed by atoms with Crippen molar-refractivity contribution in [3.63, 3.8) is 0 Å². The molecule has 1 aliphatic rings. The highest BCUT2D eigenvalue weighted by Crippen LogP contribution is 2.26. The molecule has 6 nitrogen and oxygen atoms in total. The average molecular weight is 396 g/mol. The lowest BCUT2D eigenvalue weighted by Crippen LogP contribution is -2.36. The molecule has 3 unspecified atom stereocenters. The van der Waals surface area contributed by atoms with Gasteiger partial charge in [0.05, 0.1) is 18.8 Å². The van der Waals surface area contributed by atoms with Gasteiger partial charge in [0.1, 0.15) is 0 Å². The summed E-state index contributed by atoms with van der Waals surface area (Å²) in [5, 5.41) is 5.36. The Morgan fingerprint density at radius 1 is 1.17 bits per heavy atom. The van der Waals surface area contributed by atoms with Gasteiger partial charge in [-0.15, -0.1) is 0 Å². The predicted octanol–water partition coefficient (Wildman–Crippen LogP) is 3.99. The molecule has 2 N–H and O–H groups in total. The molecule has 2 aromatic rings. The zero-order valence-corrected chi connectivity index (χ0v) is 17.1. The molecule has 0 aliphatic heterocycles. The van der Waals surface area contributed by atoms with Crippen LogP contribution in [0, 0.1) is 5.92 Å².